The van der Waals surface area contributed by atoms with Crippen LogP contribution < -0.4 is 5.73 Å². The Morgan fingerprint density at radius 1 is 1.29 bits per heavy atom. The molecule has 3 rings (SSSR count). The molecule has 0 bridgehead atoms. The van der Waals surface area contributed by atoms with Gasteiger partial charge in [0.15, 0.2) is 11.5 Å². The van der Waals surface area contributed by atoms with Crippen LogP contribution in [-0.2, 0) is 11.3 Å². The van der Waals surface area contributed by atoms with E-state index in [2.05, 4.69) is 33.7 Å². The Bertz CT molecular complexity index is 623. The summed E-state index contributed by atoms with van der Waals surface area (Å²) in [5.74, 6) is 0.439. The van der Waals surface area contributed by atoms with Crippen LogP contribution in [0, 0.1) is 0 Å². The van der Waals surface area contributed by atoms with Gasteiger partial charge in [-0.3, -0.25) is 4.90 Å². The molecule has 3 heterocycles. The van der Waals surface area contributed by atoms with Crippen molar-refractivity contribution in [3.63, 3.8) is 0 Å². The highest BCUT2D eigenvalue weighted by atomic mass is 16.5. The van der Waals surface area contributed by atoms with E-state index < -0.39 is 0 Å². The van der Waals surface area contributed by atoms with Crippen LogP contribution >= 0.6 is 0 Å². The van der Waals surface area contributed by atoms with Gasteiger partial charge in [0.1, 0.15) is 11.8 Å². The number of hydrogen-bond acceptors (Lipinski definition) is 6. The predicted molar refractivity (Wildman–Crippen MR) is 80.8 cm³/mol. The Hall–Kier alpha value is -1.73. The number of imidazole rings is 1. The summed E-state index contributed by atoms with van der Waals surface area (Å²) in [5, 5.41) is 0. The van der Waals surface area contributed by atoms with Crippen molar-refractivity contribution in [2.24, 2.45) is 0 Å². The molecular formula is C14H22N6O. The smallest absolute Gasteiger partial charge is 0.165 e. The first-order valence-electron chi connectivity index (χ1n) is 7.33. The number of nitrogens with zero attached hydrogens (tertiary/aromatic N) is 5. The van der Waals surface area contributed by atoms with E-state index in [1.54, 1.807) is 6.33 Å². The molecule has 0 aromatic carbocycles. The minimum atomic E-state index is -0.0401. The van der Waals surface area contributed by atoms with Gasteiger partial charge in [-0.2, -0.15) is 0 Å². The molecule has 1 saturated heterocycles. The molecule has 0 radical (unpaired) electrons. The molecule has 114 valence electrons. The second kappa shape index (κ2) is 5.57. The number of morpholine rings is 1. The molecule has 1 aliphatic rings. The van der Waals surface area contributed by atoms with E-state index in [4.69, 9.17) is 10.5 Å². The molecule has 0 unspecified atom stereocenters. The van der Waals surface area contributed by atoms with E-state index in [1.807, 2.05) is 4.57 Å². The Morgan fingerprint density at radius 2 is 2.14 bits per heavy atom. The third-order valence-corrected chi connectivity index (χ3v) is 3.81. The van der Waals surface area contributed by atoms with E-state index in [-0.39, 0.29) is 5.60 Å². The van der Waals surface area contributed by atoms with E-state index in [0.717, 1.165) is 44.9 Å². The lowest BCUT2D eigenvalue weighted by molar-refractivity contribution is -0.0861. The largest absolute Gasteiger partial charge is 0.382 e. The lowest BCUT2D eigenvalue weighted by Crippen LogP contribution is -2.48. The summed E-state index contributed by atoms with van der Waals surface area (Å²) in [6, 6.07) is 0. The number of nitrogen functional groups attached to an aromatic ring is 1. The summed E-state index contributed by atoms with van der Waals surface area (Å²) < 4.78 is 7.77. The summed E-state index contributed by atoms with van der Waals surface area (Å²) in [7, 11) is 0. The molecular weight excluding hydrogens is 268 g/mol. The highest BCUT2D eigenvalue weighted by Crippen LogP contribution is 2.17. The monoisotopic (exact) mass is 290 g/mol. The molecule has 0 saturated carbocycles. The van der Waals surface area contributed by atoms with Crippen molar-refractivity contribution in [1.82, 2.24) is 24.4 Å². The number of aromatic nitrogens is 4. The van der Waals surface area contributed by atoms with Crippen LogP contribution in [0.1, 0.15) is 20.3 Å². The number of anilines is 1. The Morgan fingerprint density at radius 3 is 2.95 bits per heavy atom. The fraction of sp³-hybridized carbons (Fsp3) is 0.643. The number of ether oxygens (including phenoxy) is 1. The maximum Gasteiger partial charge on any atom is 0.165 e. The summed E-state index contributed by atoms with van der Waals surface area (Å²) in [6.07, 6.45) is 4.32. The molecule has 1 aliphatic heterocycles. The third-order valence-electron chi connectivity index (χ3n) is 3.81. The molecule has 2 N–H and O–H groups in total. The number of hydrogen-bond donors (Lipinski definition) is 1. The summed E-state index contributed by atoms with van der Waals surface area (Å²) >= 11 is 0. The zero-order chi connectivity index (χ0) is 14.9. The average Bonchev–Trinajstić information content (AvgIpc) is 2.83. The molecule has 0 amide bonds. The van der Waals surface area contributed by atoms with Crippen LogP contribution in [0.5, 0.6) is 0 Å². The zero-order valence-corrected chi connectivity index (χ0v) is 12.6. The van der Waals surface area contributed by atoms with Gasteiger partial charge in [0.2, 0.25) is 0 Å². The first kappa shape index (κ1) is 14.2. The minimum absolute atomic E-state index is 0.0401. The lowest BCUT2D eigenvalue weighted by atomic mass is 10.1. The van der Waals surface area contributed by atoms with Crippen LogP contribution in [0.3, 0.4) is 0 Å². The second-order valence-corrected chi connectivity index (χ2v) is 6.11. The van der Waals surface area contributed by atoms with Crippen molar-refractivity contribution in [3.8, 4) is 0 Å². The van der Waals surface area contributed by atoms with Gasteiger partial charge >= 0.3 is 0 Å². The number of rotatable bonds is 4. The zero-order valence-electron chi connectivity index (χ0n) is 12.6. The maximum atomic E-state index is 5.80. The van der Waals surface area contributed by atoms with Crippen molar-refractivity contribution in [3.05, 3.63) is 12.7 Å². The van der Waals surface area contributed by atoms with Crippen LogP contribution in [-0.4, -0.2) is 56.3 Å². The molecule has 21 heavy (non-hydrogen) atoms. The van der Waals surface area contributed by atoms with Gasteiger partial charge in [0, 0.05) is 26.2 Å². The van der Waals surface area contributed by atoms with E-state index in [9.17, 15) is 0 Å². The summed E-state index contributed by atoms with van der Waals surface area (Å²) in [6.45, 7) is 9.00. The standard InChI is InChI=1S/C14H22N6O/c1-14(2)8-19(6-7-21-14)4-3-5-20-10-18-11-12(15)16-9-17-13(11)20/h9-10H,3-8H2,1-2H3,(H2,15,16,17). The first-order chi connectivity index (χ1) is 10.1. The molecule has 2 aromatic heterocycles. The lowest BCUT2D eigenvalue weighted by Gasteiger charge is -2.38. The van der Waals surface area contributed by atoms with Crippen molar-refractivity contribution in [2.45, 2.75) is 32.4 Å². The molecule has 0 spiro atoms. The fourth-order valence-electron chi connectivity index (χ4n) is 2.83. The fourth-order valence-corrected chi connectivity index (χ4v) is 2.83. The quantitative estimate of drug-likeness (QED) is 0.901. The van der Waals surface area contributed by atoms with Gasteiger partial charge in [0.25, 0.3) is 0 Å². The van der Waals surface area contributed by atoms with Gasteiger partial charge in [-0.25, -0.2) is 15.0 Å². The maximum absolute atomic E-state index is 5.80. The second-order valence-electron chi connectivity index (χ2n) is 6.11. The van der Waals surface area contributed by atoms with Crippen LogP contribution in [0.2, 0.25) is 0 Å². The van der Waals surface area contributed by atoms with E-state index >= 15 is 0 Å². The van der Waals surface area contributed by atoms with Gasteiger partial charge < -0.3 is 15.0 Å². The Kier molecular flexibility index (Phi) is 3.77. The SMILES string of the molecule is CC1(C)CN(CCCn2cnc3c(N)ncnc32)CCO1. The summed E-state index contributed by atoms with van der Waals surface area (Å²) in [4.78, 5) is 15.0. The van der Waals surface area contributed by atoms with Crippen molar-refractivity contribution < 1.29 is 4.74 Å². The topological polar surface area (TPSA) is 82.1 Å². The normalized spacial score (nSPS) is 19.1. The third kappa shape index (κ3) is 3.14. The summed E-state index contributed by atoms with van der Waals surface area (Å²) in [5.41, 5.74) is 7.25. The molecule has 1 fully saturated rings. The number of aryl methyl sites for hydroxylation is 1. The molecule has 2 aromatic rings. The predicted octanol–water partition coefficient (Wildman–Crippen LogP) is 0.909. The highest BCUT2D eigenvalue weighted by molar-refractivity contribution is 5.80. The van der Waals surface area contributed by atoms with Crippen LogP contribution in [0.25, 0.3) is 11.2 Å². The number of nitrogens with two attached hydrogens (primary N) is 1. The first-order valence-corrected chi connectivity index (χ1v) is 7.33. The van der Waals surface area contributed by atoms with Crippen molar-refractivity contribution in [1.29, 1.82) is 0 Å². The number of fused-ring (bicyclic) bond motifs is 1. The van der Waals surface area contributed by atoms with Crippen molar-refractivity contribution >= 4 is 17.0 Å². The Balaban J connectivity index is 1.59. The molecule has 0 atom stereocenters. The highest BCUT2D eigenvalue weighted by Gasteiger charge is 2.26. The van der Waals surface area contributed by atoms with Gasteiger partial charge in [-0.15, -0.1) is 0 Å². The van der Waals surface area contributed by atoms with Crippen LogP contribution in [0.15, 0.2) is 12.7 Å². The minimum Gasteiger partial charge on any atom is -0.382 e. The van der Waals surface area contributed by atoms with Gasteiger partial charge in [-0.1, -0.05) is 0 Å². The van der Waals surface area contributed by atoms with E-state index in [0.29, 0.717) is 11.3 Å². The van der Waals surface area contributed by atoms with Gasteiger partial charge in [-0.05, 0) is 20.3 Å². The molecule has 7 nitrogen and oxygen atoms in total. The van der Waals surface area contributed by atoms with E-state index in [1.165, 1.54) is 6.33 Å². The Labute approximate surface area is 124 Å². The molecule has 7 heteroatoms. The van der Waals surface area contributed by atoms with Crippen molar-refractivity contribution in [2.75, 3.05) is 32.0 Å². The van der Waals surface area contributed by atoms with Crippen LogP contribution in [0.4, 0.5) is 5.82 Å². The van der Waals surface area contributed by atoms with Gasteiger partial charge in [0.05, 0.1) is 18.5 Å². The average molecular weight is 290 g/mol. The molecule has 0 aliphatic carbocycles.